The second kappa shape index (κ2) is 28.3. The summed E-state index contributed by atoms with van der Waals surface area (Å²) in [5.74, 6) is -10.1. The van der Waals surface area contributed by atoms with Gasteiger partial charge in [0.05, 0.1) is 25.7 Å². The number of carboxylic acids is 1. The fourth-order valence-electron chi connectivity index (χ4n) is 5.89. The van der Waals surface area contributed by atoms with Crippen molar-refractivity contribution in [2.24, 2.45) is 39.8 Å². The number of carboxylic acid groups (broad SMARTS) is 1. The van der Waals surface area contributed by atoms with E-state index in [9.17, 15) is 53.4 Å². The summed E-state index contributed by atoms with van der Waals surface area (Å²) in [6.45, 7) is 6.34. The molecule has 0 aliphatic carbocycles. The highest BCUT2D eigenvalue weighted by Gasteiger charge is 2.36. The number of aliphatic carboxylic acids is 1. The van der Waals surface area contributed by atoms with Gasteiger partial charge in [-0.15, -0.1) is 0 Å². The van der Waals surface area contributed by atoms with E-state index in [1.54, 1.807) is 58.0 Å². The molecule has 0 radical (unpaired) electrons. The molecule has 0 saturated heterocycles. The quantitative estimate of drug-likeness (QED) is 0.0204. The van der Waals surface area contributed by atoms with Crippen LogP contribution >= 0.6 is 0 Å². The Bertz CT molecular complexity index is 1780. The van der Waals surface area contributed by atoms with Gasteiger partial charge >= 0.3 is 5.97 Å². The van der Waals surface area contributed by atoms with Gasteiger partial charge in [0.15, 0.2) is 5.96 Å². The third kappa shape index (κ3) is 19.3. The first-order valence-electron chi connectivity index (χ1n) is 20.8. The number of rotatable bonds is 29. The normalized spacial score (nSPS) is 15.6. The maximum absolute atomic E-state index is 13.9. The molecule has 1 rings (SSSR count). The Balaban J connectivity index is 3.25. The summed E-state index contributed by atoms with van der Waals surface area (Å²) in [6.07, 6.45) is 0.511. The standard InChI is InChI=1S/C40H66N12O12/c1-6-20(3)30(37(61)46-22(5)32(56)47-26(17-29(42)55)35(59)50-28(19-54)39(63)64)52-36(60)27(18-53)49-34(58)25(16-23-12-9-8-10-13-23)48-38(62)31(21(4)7-2)51-33(57)24(41)14-11-15-45-40(43)44/h8-10,12-13,20-22,24-28,30-31,53-54H,6-7,11,14-19,41H2,1-5H3,(H2,42,55)(H,46,61)(H,47,56)(H,48,62)(H,49,58)(H,50,59)(H,51,57)(H,52,60)(H,63,64)(H4,43,44,45)/t20-,21-,22-,24-,25-,26-,27-,28-,30-,31-/m0/s1. The van der Waals surface area contributed by atoms with Crippen molar-refractivity contribution in [3.05, 3.63) is 35.9 Å². The molecular formula is C40H66N12O12. The van der Waals surface area contributed by atoms with E-state index in [2.05, 4.69) is 36.9 Å². The Morgan fingerprint density at radius 2 is 1.08 bits per heavy atom. The Kier molecular flexibility index (Phi) is 24.6. The van der Waals surface area contributed by atoms with Crippen LogP contribution in [0, 0.1) is 11.8 Å². The molecule has 1 aromatic rings. The molecule has 24 nitrogen and oxygen atoms in total. The lowest BCUT2D eigenvalue weighted by atomic mass is 9.96. The number of nitrogens with zero attached hydrogens (tertiary/aromatic N) is 1. The van der Waals surface area contributed by atoms with Crippen LogP contribution in [0.2, 0.25) is 0 Å². The summed E-state index contributed by atoms with van der Waals surface area (Å²) in [7, 11) is 0. The van der Waals surface area contributed by atoms with Gasteiger partial charge in [0.1, 0.15) is 42.3 Å². The molecule has 0 fully saturated rings. The molecule has 0 saturated carbocycles. The second-order valence-corrected chi connectivity index (χ2v) is 15.3. The third-order valence-corrected chi connectivity index (χ3v) is 10.2. The number of aliphatic imine (C=N–C) groups is 1. The summed E-state index contributed by atoms with van der Waals surface area (Å²) >= 11 is 0. The van der Waals surface area contributed by atoms with E-state index in [-0.39, 0.29) is 25.3 Å². The van der Waals surface area contributed by atoms with Crippen LogP contribution < -0.4 is 60.2 Å². The molecule has 1 aromatic carbocycles. The lowest BCUT2D eigenvalue weighted by molar-refractivity contribution is -0.143. The van der Waals surface area contributed by atoms with E-state index in [4.69, 9.17) is 28.0 Å². The SMILES string of the molecule is CC[C@H](C)[C@H](NC(=O)[C@H](CO)NC(=O)[C@H](Cc1ccccc1)NC(=O)[C@@H](NC(=O)[C@@H](N)CCCN=C(N)N)[C@@H](C)CC)C(=O)N[C@@H](C)C(=O)N[C@@H](CC(N)=O)C(=O)N[C@@H](CO)C(=O)O. The van der Waals surface area contributed by atoms with Crippen molar-refractivity contribution in [3.63, 3.8) is 0 Å². The highest BCUT2D eigenvalue weighted by Crippen LogP contribution is 2.13. The minimum absolute atomic E-state index is 0.0783. The Hall–Kier alpha value is -6.40. The lowest BCUT2D eigenvalue weighted by Crippen LogP contribution is -2.62. The van der Waals surface area contributed by atoms with E-state index in [0.29, 0.717) is 24.8 Å². The molecule has 0 aromatic heterocycles. The van der Waals surface area contributed by atoms with Crippen molar-refractivity contribution in [3.8, 4) is 0 Å². The minimum atomic E-state index is -1.76. The monoisotopic (exact) mass is 906 g/mol. The van der Waals surface area contributed by atoms with Gasteiger partial charge in [-0.25, -0.2) is 4.79 Å². The van der Waals surface area contributed by atoms with Crippen molar-refractivity contribution < 1.29 is 58.5 Å². The van der Waals surface area contributed by atoms with Crippen LogP contribution in [0.15, 0.2) is 35.3 Å². The Morgan fingerprint density at radius 3 is 1.58 bits per heavy atom. The van der Waals surface area contributed by atoms with Gasteiger partial charge in [0.25, 0.3) is 0 Å². The van der Waals surface area contributed by atoms with Gasteiger partial charge in [-0.2, -0.15) is 0 Å². The first-order valence-corrected chi connectivity index (χ1v) is 20.8. The molecule has 0 heterocycles. The molecule has 0 unspecified atom stereocenters. The number of carbonyl (C=O) groups is 9. The van der Waals surface area contributed by atoms with E-state index in [1.165, 1.54) is 6.92 Å². The average molecular weight is 907 g/mol. The molecule has 24 heteroatoms. The van der Waals surface area contributed by atoms with Crippen molar-refractivity contribution in [2.45, 2.75) is 121 Å². The van der Waals surface area contributed by atoms with Gasteiger partial charge < -0.3 is 75.5 Å². The fraction of sp³-hybridized carbons (Fsp3) is 0.600. The van der Waals surface area contributed by atoms with Crippen LogP contribution in [0.5, 0.6) is 0 Å². The number of aliphatic hydroxyl groups excluding tert-OH is 2. The number of amides is 8. The average Bonchev–Trinajstić information content (AvgIpc) is 3.25. The molecule has 10 atom stereocenters. The van der Waals surface area contributed by atoms with E-state index in [1.807, 2.05) is 5.32 Å². The highest BCUT2D eigenvalue weighted by atomic mass is 16.4. The predicted molar refractivity (Wildman–Crippen MR) is 232 cm³/mol. The molecular weight excluding hydrogens is 841 g/mol. The maximum Gasteiger partial charge on any atom is 0.328 e. The van der Waals surface area contributed by atoms with Crippen LogP contribution in [0.3, 0.4) is 0 Å². The number of carbonyl (C=O) groups excluding carboxylic acids is 8. The lowest BCUT2D eigenvalue weighted by Gasteiger charge is -2.29. The maximum atomic E-state index is 13.9. The van der Waals surface area contributed by atoms with Crippen LogP contribution in [-0.4, -0.2) is 143 Å². The van der Waals surface area contributed by atoms with Crippen LogP contribution in [0.1, 0.15) is 72.3 Å². The van der Waals surface area contributed by atoms with Gasteiger partial charge in [-0.05, 0) is 37.2 Å². The number of primary amides is 1. The van der Waals surface area contributed by atoms with Crippen molar-refractivity contribution in [1.82, 2.24) is 37.2 Å². The van der Waals surface area contributed by atoms with Gasteiger partial charge in [0.2, 0.25) is 47.3 Å². The summed E-state index contributed by atoms with van der Waals surface area (Å²) in [4.78, 5) is 121. The number of benzene rings is 1. The smallest absolute Gasteiger partial charge is 0.328 e. The van der Waals surface area contributed by atoms with E-state index < -0.39 is 133 Å². The number of hydrogen-bond acceptors (Lipinski definition) is 13. The predicted octanol–water partition coefficient (Wildman–Crippen LogP) is -4.94. The van der Waals surface area contributed by atoms with E-state index in [0.717, 1.165) is 0 Å². The summed E-state index contributed by atoms with van der Waals surface area (Å²) in [5, 5.41) is 45.5. The van der Waals surface area contributed by atoms with Crippen LogP contribution in [0.25, 0.3) is 0 Å². The zero-order valence-electron chi connectivity index (χ0n) is 36.8. The fourth-order valence-corrected chi connectivity index (χ4v) is 5.89. The second-order valence-electron chi connectivity index (χ2n) is 15.3. The largest absolute Gasteiger partial charge is 0.480 e. The molecule has 0 aliphatic heterocycles. The zero-order valence-corrected chi connectivity index (χ0v) is 36.8. The highest BCUT2D eigenvalue weighted by molar-refractivity contribution is 5.98. The molecule has 358 valence electrons. The van der Waals surface area contributed by atoms with Crippen molar-refractivity contribution >= 4 is 59.2 Å². The Labute approximate surface area is 371 Å². The zero-order chi connectivity index (χ0) is 48.7. The number of hydrogen-bond donors (Lipinski definition) is 14. The van der Waals surface area contributed by atoms with Gasteiger partial charge in [0, 0.05) is 13.0 Å². The first-order chi connectivity index (χ1) is 30.1. The number of guanidine groups is 1. The topological polar surface area (TPSA) is 415 Å². The number of aliphatic hydroxyl groups is 2. The van der Waals surface area contributed by atoms with Crippen LogP contribution in [-0.2, 0) is 49.6 Å². The molecule has 18 N–H and O–H groups in total. The molecule has 0 spiro atoms. The Morgan fingerprint density at radius 1 is 0.609 bits per heavy atom. The summed E-state index contributed by atoms with van der Waals surface area (Å²) in [6, 6.07) is -2.80. The summed E-state index contributed by atoms with van der Waals surface area (Å²) < 4.78 is 0. The van der Waals surface area contributed by atoms with Crippen molar-refractivity contribution in [1.29, 1.82) is 0 Å². The molecule has 64 heavy (non-hydrogen) atoms. The number of nitrogens with one attached hydrogen (secondary N) is 7. The number of nitrogens with two attached hydrogens (primary N) is 4. The van der Waals surface area contributed by atoms with Crippen LogP contribution in [0.4, 0.5) is 0 Å². The minimum Gasteiger partial charge on any atom is -0.480 e. The van der Waals surface area contributed by atoms with Gasteiger partial charge in [-0.1, -0.05) is 70.9 Å². The van der Waals surface area contributed by atoms with Gasteiger partial charge in [-0.3, -0.25) is 43.3 Å². The summed E-state index contributed by atoms with van der Waals surface area (Å²) in [5.41, 5.74) is 22.6. The van der Waals surface area contributed by atoms with E-state index >= 15 is 0 Å². The third-order valence-electron chi connectivity index (χ3n) is 10.2. The molecule has 0 aliphatic rings. The van der Waals surface area contributed by atoms with Crippen molar-refractivity contribution in [2.75, 3.05) is 19.8 Å². The first kappa shape index (κ1) is 55.6. The molecule has 8 amide bonds. The molecule has 0 bridgehead atoms.